The summed E-state index contributed by atoms with van der Waals surface area (Å²) < 4.78 is 26.4. The average molecular weight is 233 g/mol. The van der Waals surface area contributed by atoms with Gasteiger partial charge >= 0.3 is 0 Å². The quantitative estimate of drug-likeness (QED) is 0.769. The van der Waals surface area contributed by atoms with Crippen molar-refractivity contribution in [1.29, 1.82) is 0 Å². The third-order valence-electron chi connectivity index (χ3n) is 1.97. The van der Waals surface area contributed by atoms with Crippen LogP contribution in [0.15, 0.2) is 0 Å². The number of halogens is 2. The lowest BCUT2D eigenvalue weighted by Crippen LogP contribution is -2.21. The molecule has 0 bridgehead atoms. The largest absolute Gasteiger partial charge is 0.364 e. The van der Waals surface area contributed by atoms with Crippen molar-refractivity contribution in [2.24, 2.45) is 5.73 Å². The van der Waals surface area contributed by atoms with Crippen LogP contribution in [-0.2, 0) is 6.54 Å². The molecule has 0 aromatic carbocycles. The van der Waals surface area contributed by atoms with Gasteiger partial charge in [0.2, 0.25) is 0 Å². The maximum absolute atomic E-state index is 12.7. The molecule has 0 radical (unpaired) electrons. The monoisotopic (exact) mass is 233 g/mol. The SMILES string of the molecule is CN(C)CCn1nnc(C(N)=O)c1C(F)F. The Hall–Kier alpha value is -1.57. The topological polar surface area (TPSA) is 77.0 Å². The summed E-state index contributed by atoms with van der Waals surface area (Å²) >= 11 is 0. The fraction of sp³-hybridized carbons (Fsp3) is 0.625. The zero-order valence-electron chi connectivity index (χ0n) is 9.02. The number of carbonyl (C=O) groups is 1. The van der Waals surface area contributed by atoms with Crippen molar-refractivity contribution in [3.63, 3.8) is 0 Å². The number of hydrogen-bond donors (Lipinski definition) is 1. The second kappa shape index (κ2) is 4.97. The highest BCUT2D eigenvalue weighted by molar-refractivity contribution is 5.91. The molecular weight excluding hydrogens is 220 g/mol. The molecule has 0 atom stereocenters. The highest BCUT2D eigenvalue weighted by Crippen LogP contribution is 2.20. The van der Waals surface area contributed by atoms with Gasteiger partial charge in [-0.2, -0.15) is 0 Å². The van der Waals surface area contributed by atoms with E-state index in [1.54, 1.807) is 19.0 Å². The molecule has 90 valence electrons. The van der Waals surface area contributed by atoms with Crippen molar-refractivity contribution in [1.82, 2.24) is 19.9 Å². The fourth-order valence-corrected chi connectivity index (χ4v) is 1.17. The molecule has 1 rings (SSSR count). The molecule has 0 aliphatic heterocycles. The van der Waals surface area contributed by atoms with Crippen LogP contribution in [0.1, 0.15) is 22.6 Å². The zero-order valence-corrected chi connectivity index (χ0v) is 9.02. The van der Waals surface area contributed by atoms with Gasteiger partial charge in [-0.15, -0.1) is 5.10 Å². The number of rotatable bonds is 5. The molecule has 0 saturated carbocycles. The van der Waals surface area contributed by atoms with Crippen LogP contribution in [-0.4, -0.2) is 46.4 Å². The van der Waals surface area contributed by atoms with Gasteiger partial charge in [-0.1, -0.05) is 5.21 Å². The Morgan fingerprint density at radius 2 is 2.19 bits per heavy atom. The second-order valence-corrected chi connectivity index (χ2v) is 3.51. The molecule has 1 aromatic rings. The van der Waals surface area contributed by atoms with Crippen LogP contribution in [0.5, 0.6) is 0 Å². The molecule has 1 aromatic heterocycles. The number of hydrogen-bond acceptors (Lipinski definition) is 4. The van der Waals surface area contributed by atoms with Crippen molar-refractivity contribution in [3.05, 3.63) is 11.4 Å². The third kappa shape index (κ3) is 2.72. The number of aromatic nitrogens is 3. The van der Waals surface area contributed by atoms with Crippen LogP contribution >= 0.6 is 0 Å². The van der Waals surface area contributed by atoms with Gasteiger partial charge in [-0.3, -0.25) is 4.79 Å². The molecule has 1 heterocycles. The second-order valence-electron chi connectivity index (χ2n) is 3.51. The number of nitrogens with two attached hydrogens (primary N) is 1. The number of alkyl halides is 2. The molecule has 0 fully saturated rings. The number of carbonyl (C=O) groups excluding carboxylic acids is 1. The Bertz CT molecular complexity index is 377. The van der Waals surface area contributed by atoms with Crippen molar-refractivity contribution < 1.29 is 13.6 Å². The van der Waals surface area contributed by atoms with Crippen molar-refractivity contribution >= 4 is 5.91 Å². The van der Waals surface area contributed by atoms with E-state index in [0.29, 0.717) is 6.54 Å². The molecule has 6 nitrogen and oxygen atoms in total. The Labute approximate surface area is 91.0 Å². The highest BCUT2D eigenvalue weighted by Gasteiger charge is 2.24. The number of nitrogens with zero attached hydrogens (tertiary/aromatic N) is 4. The first-order valence-corrected chi connectivity index (χ1v) is 4.59. The standard InChI is InChI=1S/C8H13F2N5O/c1-14(2)3-4-15-6(7(9)10)5(8(11)16)12-13-15/h7H,3-4H2,1-2H3,(H2,11,16). The summed E-state index contributed by atoms with van der Waals surface area (Å²) in [6.45, 7) is 0.744. The fourth-order valence-electron chi connectivity index (χ4n) is 1.17. The third-order valence-corrected chi connectivity index (χ3v) is 1.97. The predicted molar refractivity (Wildman–Crippen MR) is 52.1 cm³/mol. The first-order valence-electron chi connectivity index (χ1n) is 4.59. The smallest absolute Gasteiger partial charge is 0.282 e. The molecule has 2 N–H and O–H groups in total. The summed E-state index contributed by atoms with van der Waals surface area (Å²) in [5.74, 6) is -0.994. The van der Waals surface area contributed by atoms with E-state index in [-0.39, 0.29) is 6.54 Å². The van der Waals surface area contributed by atoms with Gasteiger partial charge in [0.05, 0.1) is 6.54 Å². The van der Waals surface area contributed by atoms with E-state index in [2.05, 4.69) is 10.3 Å². The van der Waals surface area contributed by atoms with Crippen LogP contribution in [0.25, 0.3) is 0 Å². The molecule has 16 heavy (non-hydrogen) atoms. The van der Waals surface area contributed by atoms with Gasteiger partial charge in [0.15, 0.2) is 5.69 Å². The summed E-state index contributed by atoms with van der Waals surface area (Å²) in [4.78, 5) is 12.6. The Morgan fingerprint density at radius 1 is 1.56 bits per heavy atom. The highest BCUT2D eigenvalue weighted by atomic mass is 19.3. The van der Waals surface area contributed by atoms with Gasteiger partial charge in [-0.25, -0.2) is 13.5 Å². The van der Waals surface area contributed by atoms with Gasteiger partial charge in [-0.05, 0) is 14.1 Å². The van der Waals surface area contributed by atoms with Crippen LogP contribution in [0.2, 0.25) is 0 Å². The van der Waals surface area contributed by atoms with E-state index in [1.165, 1.54) is 0 Å². The normalized spacial score (nSPS) is 11.4. The summed E-state index contributed by atoms with van der Waals surface area (Å²) in [7, 11) is 3.60. The summed E-state index contributed by atoms with van der Waals surface area (Å²) in [5, 5.41) is 6.84. The van der Waals surface area contributed by atoms with E-state index in [4.69, 9.17) is 5.73 Å². The van der Waals surface area contributed by atoms with Crippen molar-refractivity contribution in [2.45, 2.75) is 13.0 Å². The van der Waals surface area contributed by atoms with E-state index >= 15 is 0 Å². The van der Waals surface area contributed by atoms with E-state index in [9.17, 15) is 13.6 Å². The minimum atomic E-state index is -2.82. The van der Waals surface area contributed by atoms with E-state index in [1.807, 2.05) is 0 Å². The van der Waals surface area contributed by atoms with Crippen LogP contribution in [0.4, 0.5) is 8.78 Å². The van der Waals surface area contributed by atoms with Gasteiger partial charge in [0.25, 0.3) is 12.3 Å². The number of likely N-dealkylation sites (N-methyl/N-ethyl adjacent to an activating group) is 1. The maximum Gasteiger partial charge on any atom is 0.282 e. The summed E-state index contributed by atoms with van der Waals surface area (Å²) in [6, 6.07) is 0. The van der Waals surface area contributed by atoms with E-state index in [0.717, 1.165) is 4.68 Å². The lowest BCUT2D eigenvalue weighted by Gasteiger charge is -2.10. The molecule has 0 spiro atoms. The molecule has 1 amide bonds. The molecule has 0 unspecified atom stereocenters. The number of amides is 1. The maximum atomic E-state index is 12.7. The molecule has 0 aliphatic rings. The molecular formula is C8H13F2N5O. The molecule has 0 aliphatic carbocycles. The Balaban J connectivity index is 2.96. The van der Waals surface area contributed by atoms with Crippen molar-refractivity contribution in [2.75, 3.05) is 20.6 Å². The Morgan fingerprint density at radius 3 is 2.62 bits per heavy atom. The first kappa shape index (κ1) is 12.5. The predicted octanol–water partition coefficient (Wildman–Crippen LogP) is -0.124. The van der Waals surface area contributed by atoms with Crippen LogP contribution < -0.4 is 5.73 Å². The van der Waals surface area contributed by atoms with Gasteiger partial charge in [0.1, 0.15) is 5.69 Å². The average Bonchev–Trinajstić information content (AvgIpc) is 2.57. The van der Waals surface area contributed by atoms with Crippen LogP contribution in [0.3, 0.4) is 0 Å². The lowest BCUT2D eigenvalue weighted by molar-refractivity contribution is 0.0976. The Kier molecular flexibility index (Phi) is 3.88. The number of primary amides is 1. The van der Waals surface area contributed by atoms with Crippen LogP contribution in [0, 0.1) is 0 Å². The molecule has 8 heteroatoms. The minimum Gasteiger partial charge on any atom is -0.364 e. The first-order chi connectivity index (χ1) is 7.43. The van der Waals surface area contributed by atoms with Gasteiger partial charge < -0.3 is 10.6 Å². The summed E-state index contributed by atoms with van der Waals surface area (Å²) in [5.41, 5.74) is 3.94. The lowest BCUT2D eigenvalue weighted by atomic mass is 10.3. The van der Waals surface area contributed by atoms with E-state index < -0.39 is 23.7 Å². The van der Waals surface area contributed by atoms with Crippen molar-refractivity contribution in [3.8, 4) is 0 Å². The zero-order chi connectivity index (χ0) is 12.3. The molecule has 0 saturated heterocycles. The minimum absolute atomic E-state index is 0.229. The van der Waals surface area contributed by atoms with Gasteiger partial charge in [0, 0.05) is 6.54 Å². The summed E-state index contributed by atoms with van der Waals surface area (Å²) in [6.07, 6.45) is -2.82.